The number of amides is 1. The van der Waals surface area contributed by atoms with E-state index in [-0.39, 0.29) is 17.2 Å². The molecule has 1 aliphatic carbocycles. The molecule has 2 aliphatic rings. The van der Waals surface area contributed by atoms with E-state index in [1.165, 1.54) is 0 Å². The number of ether oxygens (including phenoxy) is 1. The Kier molecular flexibility index (Phi) is 4.17. The molecule has 30 heavy (non-hydrogen) atoms. The summed E-state index contributed by atoms with van der Waals surface area (Å²) in [6.45, 7) is 1.68. The standard InChI is InChI=1S/C23H19F2NO4/c1-12-19-17(29-21(12)22(28)26-15-5-4-13(24)10-14(15)25)6-7-18-20(19)16(27)11-23(30-18)8-2-3-9-23/h4-7,10H,2-3,8-9,11H2,1H3,(H,26,28). The normalized spacial score (nSPS) is 17.2. The molecule has 1 fully saturated rings. The van der Waals surface area contributed by atoms with Crippen LogP contribution in [0.5, 0.6) is 5.75 Å². The first-order valence-corrected chi connectivity index (χ1v) is 9.92. The van der Waals surface area contributed by atoms with E-state index in [4.69, 9.17) is 9.15 Å². The van der Waals surface area contributed by atoms with E-state index in [2.05, 4.69) is 5.32 Å². The van der Waals surface area contributed by atoms with Crippen LogP contribution >= 0.6 is 0 Å². The maximum atomic E-state index is 13.9. The first-order valence-electron chi connectivity index (χ1n) is 9.92. The van der Waals surface area contributed by atoms with Crippen LogP contribution < -0.4 is 10.1 Å². The SMILES string of the molecule is Cc1c(C(=O)Nc2ccc(F)cc2F)oc2ccc3c(c12)C(=O)CC1(CCCC1)O3. The number of fused-ring (bicyclic) bond motifs is 3. The lowest BCUT2D eigenvalue weighted by Gasteiger charge is -2.34. The number of halogens is 2. The van der Waals surface area contributed by atoms with Gasteiger partial charge < -0.3 is 14.5 Å². The van der Waals surface area contributed by atoms with Gasteiger partial charge in [-0.15, -0.1) is 0 Å². The summed E-state index contributed by atoms with van der Waals surface area (Å²) in [4.78, 5) is 25.8. The van der Waals surface area contributed by atoms with E-state index in [0.717, 1.165) is 37.8 Å². The summed E-state index contributed by atoms with van der Waals surface area (Å²) in [6, 6.07) is 6.26. The van der Waals surface area contributed by atoms with Crippen molar-refractivity contribution in [2.45, 2.75) is 44.6 Å². The third kappa shape index (κ3) is 2.88. The maximum Gasteiger partial charge on any atom is 0.291 e. The predicted molar refractivity (Wildman–Crippen MR) is 106 cm³/mol. The summed E-state index contributed by atoms with van der Waals surface area (Å²) in [5.74, 6) is -1.85. The van der Waals surface area contributed by atoms with Crippen LogP contribution in [0.1, 0.15) is 58.6 Å². The molecule has 0 bridgehead atoms. The first-order chi connectivity index (χ1) is 14.4. The number of aryl methyl sites for hydroxylation is 1. The fraction of sp³-hybridized carbons (Fsp3) is 0.304. The van der Waals surface area contributed by atoms with Crippen molar-refractivity contribution < 1.29 is 27.5 Å². The summed E-state index contributed by atoms with van der Waals surface area (Å²) in [7, 11) is 0. The average molecular weight is 411 g/mol. The number of carbonyl (C=O) groups is 2. The number of benzene rings is 2. The van der Waals surface area contributed by atoms with Crippen LogP contribution in [0.25, 0.3) is 11.0 Å². The van der Waals surface area contributed by atoms with Crippen LogP contribution in [0.4, 0.5) is 14.5 Å². The minimum Gasteiger partial charge on any atom is -0.486 e. The van der Waals surface area contributed by atoms with Gasteiger partial charge in [0.2, 0.25) is 0 Å². The van der Waals surface area contributed by atoms with Gasteiger partial charge in [-0.1, -0.05) is 0 Å². The van der Waals surface area contributed by atoms with Crippen molar-refractivity contribution in [3.63, 3.8) is 0 Å². The average Bonchev–Trinajstić information content (AvgIpc) is 3.28. The Morgan fingerprint density at radius 2 is 1.90 bits per heavy atom. The third-order valence-corrected chi connectivity index (χ3v) is 6.04. The highest BCUT2D eigenvalue weighted by Gasteiger charge is 2.43. The largest absolute Gasteiger partial charge is 0.486 e. The van der Waals surface area contributed by atoms with Gasteiger partial charge in [-0.2, -0.15) is 0 Å². The van der Waals surface area contributed by atoms with Gasteiger partial charge in [-0.25, -0.2) is 8.78 Å². The van der Waals surface area contributed by atoms with Gasteiger partial charge >= 0.3 is 0 Å². The molecule has 154 valence electrons. The fourth-order valence-electron chi connectivity index (χ4n) is 4.62. The zero-order valence-corrected chi connectivity index (χ0v) is 16.3. The van der Waals surface area contributed by atoms with Crippen LogP contribution in [-0.4, -0.2) is 17.3 Å². The molecular formula is C23H19F2NO4. The molecule has 5 rings (SSSR count). The number of rotatable bonds is 2. The molecule has 1 spiro atoms. The molecule has 2 aromatic carbocycles. The number of furan rings is 1. The van der Waals surface area contributed by atoms with E-state index in [0.29, 0.717) is 40.3 Å². The highest BCUT2D eigenvalue weighted by molar-refractivity contribution is 6.14. The number of ketones is 1. The predicted octanol–water partition coefficient (Wildman–Crippen LogP) is 5.55. The lowest BCUT2D eigenvalue weighted by molar-refractivity contribution is 0.0454. The lowest BCUT2D eigenvalue weighted by Crippen LogP contribution is -2.39. The van der Waals surface area contributed by atoms with Crippen molar-refractivity contribution in [2.24, 2.45) is 0 Å². The van der Waals surface area contributed by atoms with E-state index in [9.17, 15) is 18.4 Å². The summed E-state index contributed by atoms with van der Waals surface area (Å²) in [5, 5.41) is 2.93. The minimum absolute atomic E-state index is 0.0239. The van der Waals surface area contributed by atoms with Crippen LogP contribution in [0.3, 0.4) is 0 Å². The highest BCUT2D eigenvalue weighted by atomic mass is 19.1. The maximum absolute atomic E-state index is 13.9. The van der Waals surface area contributed by atoms with Gasteiger partial charge in [0.15, 0.2) is 11.5 Å². The molecular weight excluding hydrogens is 392 g/mol. The Morgan fingerprint density at radius 1 is 1.13 bits per heavy atom. The summed E-state index contributed by atoms with van der Waals surface area (Å²) in [6.07, 6.45) is 4.11. The molecule has 5 nitrogen and oxygen atoms in total. The molecule has 0 radical (unpaired) electrons. The molecule has 1 saturated carbocycles. The minimum atomic E-state index is -0.889. The Labute approximate surface area is 171 Å². The van der Waals surface area contributed by atoms with Crippen molar-refractivity contribution in [2.75, 3.05) is 5.32 Å². The number of hydrogen-bond donors (Lipinski definition) is 1. The number of hydrogen-bond acceptors (Lipinski definition) is 4. The number of anilines is 1. The second-order valence-electron chi connectivity index (χ2n) is 8.04. The quantitative estimate of drug-likeness (QED) is 0.600. The molecule has 0 atom stereocenters. The van der Waals surface area contributed by atoms with Crippen molar-refractivity contribution in [1.82, 2.24) is 0 Å². The first kappa shape index (κ1) is 18.8. The second-order valence-corrected chi connectivity index (χ2v) is 8.04. The third-order valence-electron chi connectivity index (χ3n) is 6.04. The molecule has 7 heteroatoms. The molecule has 1 N–H and O–H groups in total. The van der Waals surface area contributed by atoms with Gasteiger partial charge in [0, 0.05) is 17.0 Å². The van der Waals surface area contributed by atoms with Crippen LogP contribution in [0, 0.1) is 18.6 Å². The Bertz CT molecular complexity index is 1210. The summed E-state index contributed by atoms with van der Waals surface area (Å²) >= 11 is 0. The summed E-state index contributed by atoms with van der Waals surface area (Å²) in [5.41, 5.74) is 0.705. The van der Waals surface area contributed by atoms with E-state index >= 15 is 0 Å². The molecule has 0 saturated heterocycles. The van der Waals surface area contributed by atoms with Crippen molar-refractivity contribution in [1.29, 1.82) is 0 Å². The van der Waals surface area contributed by atoms with E-state index in [1.54, 1.807) is 19.1 Å². The van der Waals surface area contributed by atoms with Crippen molar-refractivity contribution in [3.8, 4) is 5.75 Å². The van der Waals surface area contributed by atoms with E-state index < -0.39 is 23.1 Å². The molecule has 2 heterocycles. The van der Waals surface area contributed by atoms with Gasteiger partial charge in [0.1, 0.15) is 28.6 Å². The monoisotopic (exact) mass is 411 g/mol. The Hall–Kier alpha value is -3.22. The number of Topliss-reactive ketones (excluding diaryl/α,β-unsaturated/α-hetero) is 1. The molecule has 1 aromatic heterocycles. The lowest BCUT2D eigenvalue weighted by atomic mass is 9.87. The zero-order chi connectivity index (χ0) is 21.0. The molecule has 1 amide bonds. The van der Waals surface area contributed by atoms with Gasteiger partial charge in [0.25, 0.3) is 5.91 Å². The Morgan fingerprint density at radius 3 is 2.63 bits per heavy atom. The summed E-state index contributed by atoms with van der Waals surface area (Å²) < 4.78 is 39.0. The van der Waals surface area contributed by atoms with Gasteiger partial charge in [-0.3, -0.25) is 9.59 Å². The zero-order valence-electron chi connectivity index (χ0n) is 16.3. The van der Waals surface area contributed by atoms with Gasteiger partial charge in [0.05, 0.1) is 17.7 Å². The number of carbonyl (C=O) groups excluding carboxylic acids is 2. The van der Waals surface area contributed by atoms with Crippen LogP contribution in [-0.2, 0) is 0 Å². The fourth-order valence-corrected chi connectivity index (χ4v) is 4.62. The molecule has 3 aromatic rings. The van der Waals surface area contributed by atoms with E-state index in [1.807, 2.05) is 0 Å². The Balaban J connectivity index is 1.54. The highest BCUT2D eigenvalue weighted by Crippen LogP contribution is 2.46. The van der Waals surface area contributed by atoms with Crippen molar-refractivity contribution >= 4 is 28.3 Å². The molecule has 0 unspecified atom stereocenters. The smallest absolute Gasteiger partial charge is 0.291 e. The number of nitrogens with one attached hydrogen (secondary N) is 1. The van der Waals surface area contributed by atoms with Crippen LogP contribution in [0.15, 0.2) is 34.7 Å². The second kappa shape index (κ2) is 6.65. The van der Waals surface area contributed by atoms with Gasteiger partial charge in [-0.05, 0) is 56.9 Å². The van der Waals surface area contributed by atoms with Crippen molar-refractivity contribution in [3.05, 3.63) is 58.9 Å². The van der Waals surface area contributed by atoms with Crippen LogP contribution in [0.2, 0.25) is 0 Å². The topological polar surface area (TPSA) is 68.5 Å². The molecule has 1 aliphatic heterocycles.